The molecule has 1 rings (SSSR count). The molecule has 6 heteroatoms. The summed E-state index contributed by atoms with van der Waals surface area (Å²) in [6.45, 7) is 2.70. The number of hydrogen-bond donors (Lipinski definition) is 2. The Balaban J connectivity index is 2.60. The first-order valence-corrected chi connectivity index (χ1v) is 5.11. The number of guanidine groups is 1. The molecule has 0 bridgehead atoms. The van der Waals surface area contributed by atoms with E-state index in [-0.39, 0.29) is 0 Å². The zero-order valence-corrected chi connectivity index (χ0v) is 9.43. The van der Waals surface area contributed by atoms with Gasteiger partial charge in [-0.15, -0.1) is 11.3 Å². The van der Waals surface area contributed by atoms with Crippen LogP contribution in [0.3, 0.4) is 0 Å². The Bertz CT molecular complexity index is 319. The topological polar surface area (TPSA) is 66.5 Å². The van der Waals surface area contributed by atoms with Crippen LogP contribution in [0.5, 0.6) is 0 Å². The van der Waals surface area contributed by atoms with Crippen molar-refractivity contribution in [1.82, 2.24) is 15.3 Å². The van der Waals surface area contributed by atoms with Crippen molar-refractivity contribution in [3.63, 3.8) is 0 Å². The molecule has 3 N–H and O–H groups in total. The van der Waals surface area contributed by atoms with Crippen LogP contribution in [-0.4, -0.2) is 29.9 Å². The molecule has 1 heterocycles. The number of thiazole rings is 1. The van der Waals surface area contributed by atoms with E-state index in [4.69, 9.17) is 5.84 Å². The van der Waals surface area contributed by atoms with Gasteiger partial charge in [-0.2, -0.15) is 0 Å². The van der Waals surface area contributed by atoms with E-state index >= 15 is 0 Å². The number of aromatic nitrogens is 1. The number of rotatable bonds is 2. The lowest BCUT2D eigenvalue weighted by molar-refractivity contribution is 0.477. The largest absolute Gasteiger partial charge is 0.338 e. The molecule has 0 spiro atoms. The summed E-state index contributed by atoms with van der Waals surface area (Å²) in [4.78, 5) is 10.3. The molecule has 0 unspecified atom stereocenters. The van der Waals surface area contributed by atoms with Gasteiger partial charge < -0.3 is 4.90 Å². The molecule has 0 aromatic carbocycles. The molecule has 0 aliphatic heterocycles. The van der Waals surface area contributed by atoms with Gasteiger partial charge in [0.2, 0.25) is 5.96 Å². The number of hydrazine groups is 1. The molecule has 0 saturated carbocycles. The Kier molecular flexibility index (Phi) is 3.84. The summed E-state index contributed by atoms with van der Waals surface area (Å²) < 4.78 is 0. The van der Waals surface area contributed by atoms with Crippen LogP contribution in [0.1, 0.15) is 10.7 Å². The van der Waals surface area contributed by atoms with Gasteiger partial charge in [0.05, 0.1) is 6.54 Å². The van der Waals surface area contributed by atoms with Gasteiger partial charge in [-0.1, -0.05) is 0 Å². The number of hydrogen-bond acceptors (Lipinski definition) is 4. The second kappa shape index (κ2) is 4.92. The molecule has 0 atom stereocenters. The van der Waals surface area contributed by atoms with E-state index in [0.29, 0.717) is 5.96 Å². The van der Waals surface area contributed by atoms with E-state index in [0.717, 1.165) is 17.2 Å². The van der Waals surface area contributed by atoms with Gasteiger partial charge in [-0.3, -0.25) is 10.4 Å². The molecular weight excluding hydrogens is 198 g/mol. The molecule has 78 valence electrons. The Morgan fingerprint density at radius 1 is 1.79 bits per heavy atom. The summed E-state index contributed by atoms with van der Waals surface area (Å²) in [5, 5.41) is 3.09. The standard InChI is InChI=1S/C8H15N5S/c1-6-5-14-7(11-6)4-13(3)8(10-2)12-9/h5H,4,9H2,1-3H3,(H,10,12). The zero-order valence-electron chi connectivity index (χ0n) is 8.61. The van der Waals surface area contributed by atoms with Gasteiger partial charge in [0.1, 0.15) is 5.01 Å². The Morgan fingerprint density at radius 2 is 2.50 bits per heavy atom. The highest BCUT2D eigenvalue weighted by molar-refractivity contribution is 7.09. The lowest BCUT2D eigenvalue weighted by atomic mass is 10.5. The summed E-state index contributed by atoms with van der Waals surface area (Å²) >= 11 is 1.64. The van der Waals surface area contributed by atoms with Crippen molar-refractivity contribution in [2.75, 3.05) is 14.1 Å². The van der Waals surface area contributed by atoms with Gasteiger partial charge in [0.25, 0.3) is 0 Å². The SMILES string of the molecule is CN=C(NN)N(C)Cc1nc(C)cs1. The number of nitrogens with zero attached hydrogens (tertiary/aromatic N) is 3. The smallest absolute Gasteiger partial charge is 0.208 e. The third-order valence-corrected chi connectivity index (χ3v) is 2.69. The van der Waals surface area contributed by atoms with E-state index in [2.05, 4.69) is 15.4 Å². The highest BCUT2D eigenvalue weighted by Gasteiger charge is 2.06. The number of aryl methyl sites for hydroxylation is 1. The normalized spacial score (nSPS) is 11.6. The molecule has 0 amide bonds. The molecule has 0 aliphatic carbocycles. The average molecular weight is 213 g/mol. The molecule has 0 saturated heterocycles. The molecule has 0 radical (unpaired) electrons. The number of aliphatic imine (C=N–C) groups is 1. The first-order valence-electron chi connectivity index (χ1n) is 4.23. The molecule has 5 nitrogen and oxygen atoms in total. The third-order valence-electron chi connectivity index (χ3n) is 1.74. The molecule has 14 heavy (non-hydrogen) atoms. The monoisotopic (exact) mass is 213 g/mol. The highest BCUT2D eigenvalue weighted by atomic mass is 32.1. The maximum Gasteiger partial charge on any atom is 0.208 e. The first-order chi connectivity index (χ1) is 6.67. The van der Waals surface area contributed by atoms with Crippen molar-refractivity contribution in [3.8, 4) is 0 Å². The summed E-state index contributed by atoms with van der Waals surface area (Å²) in [7, 11) is 3.61. The van der Waals surface area contributed by atoms with E-state index in [1.165, 1.54) is 0 Å². The first kappa shape index (κ1) is 10.9. The quantitative estimate of drug-likeness (QED) is 0.322. The molecule has 1 aromatic rings. The molecule has 0 aliphatic rings. The Morgan fingerprint density at radius 3 is 2.93 bits per heavy atom. The predicted molar refractivity (Wildman–Crippen MR) is 59.0 cm³/mol. The minimum absolute atomic E-state index is 0.651. The molecular formula is C8H15N5S. The lowest BCUT2D eigenvalue weighted by Crippen LogP contribution is -2.42. The average Bonchev–Trinajstić information content (AvgIpc) is 2.53. The lowest BCUT2D eigenvalue weighted by Gasteiger charge is -2.18. The number of nitrogens with one attached hydrogen (secondary N) is 1. The van der Waals surface area contributed by atoms with Crippen LogP contribution >= 0.6 is 11.3 Å². The summed E-state index contributed by atoms with van der Waals surface area (Å²) in [6.07, 6.45) is 0. The summed E-state index contributed by atoms with van der Waals surface area (Å²) in [5.74, 6) is 5.95. The van der Waals surface area contributed by atoms with Gasteiger partial charge in [-0.25, -0.2) is 10.8 Å². The van der Waals surface area contributed by atoms with Gasteiger partial charge in [-0.05, 0) is 6.92 Å². The van der Waals surface area contributed by atoms with Crippen molar-refractivity contribution >= 4 is 17.3 Å². The van der Waals surface area contributed by atoms with Crippen LogP contribution in [0, 0.1) is 6.92 Å². The van der Waals surface area contributed by atoms with Crippen LogP contribution in [0.15, 0.2) is 10.4 Å². The van der Waals surface area contributed by atoms with Crippen molar-refractivity contribution in [2.24, 2.45) is 10.8 Å². The fraction of sp³-hybridized carbons (Fsp3) is 0.500. The van der Waals surface area contributed by atoms with Crippen LogP contribution in [0.4, 0.5) is 0 Å². The van der Waals surface area contributed by atoms with E-state index in [1.54, 1.807) is 18.4 Å². The van der Waals surface area contributed by atoms with Gasteiger partial charge in [0.15, 0.2) is 0 Å². The number of nitrogens with two attached hydrogens (primary N) is 1. The molecule has 0 fully saturated rings. The predicted octanol–water partition coefficient (Wildman–Crippen LogP) is 0.332. The second-order valence-electron chi connectivity index (χ2n) is 2.93. The molecule has 1 aromatic heterocycles. The summed E-state index contributed by atoms with van der Waals surface area (Å²) in [6, 6.07) is 0. The van der Waals surface area contributed by atoms with E-state index in [9.17, 15) is 0 Å². The van der Waals surface area contributed by atoms with Gasteiger partial charge in [0, 0.05) is 25.2 Å². The van der Waals surface area contributed by atoms with Gasteiger partial charge >= 0.3 is 0 Å². The van der Waals surface area contributed by atoms with Crippen LogP contribution in [0.2, 0.25) is 0 Å². The minimum Gasteiger partial charge on any atom is -0.338 e. The van der Waals surface area contributed by atoms with Crippen molar-refractivity contribution in [2.45, 2.75) is 13.5 Å². The van der Waals surface area contributed by atoms with Crippen LogP contribution in [0.25, 0.3) is 0 Å². The maximum atomic E-state index is 5.30. The fourth-order valence-corrected chi connectivity index (χ4v) is 1.92. The van der Waals surface area contributed by atoms with E-state index in [1.807, 2.05) is 24.3 Å². The van der Waals surface area contributed by atoms with Crippen LogP contribution < -0.4 is 11.3 Å². The Hall–Kier alpha value is -1.14. The van der Waals surface area contributed by atoms with Crippen molar-refractivity contribution < 1.29 is 0 Å². The maximum absolute atomic E-state index is 5.30. The fourth-order valence-electron chi connectivity index (χ4n) is 1.10. The Labute approximate surface area is 87.6 Å². The zero-order chi connectivity index (χ0) is 10.6. The summed E-state index contributed by atoms with van der Waals surface area (Å²) in [5.41, 5.74) is 3.58. The highest BCUT2D eigenvalue weighted by Crippen LogP contribution is 2.10. The third kappa shape index (κ3) is 2.68. The van der Waals surface area contributed by atoms with Crippen molar-refractivity contribution in [3.05, 3.63) is 16.1 Å². The van der Waals surface area contributed by atoms with E-state index < -0.39 is 0 Å². The van der Waals surface area contributed by atoms with Crippen molar-refractivity contribution in [1.29, 1.82) is 0 Å². The second-order valence-corrected chi connectivity index (χ2v) is 3.87. The van der Waals surface area contributed by atoms with Crippen LogP contribution in [-0.2, 0) is 6.54 Å². The minimum atomic E-state index is 0.651.